The minimum Gasteiger partial charge on any atom is -0.306 e. The second-order valence-corrected chi connectivity index (χ2v) is 4.77. The third kappa shape index (κ3) is 3.16. The van der Waals surface area contributed by atoms with Gasteiger partial charge >= 0.3 is 0 Å². The molecule has 2 rings (SSSR count). The van der Waals surface area contributed by atoms with E-state index >= 15 is 0 Å². The van der Waals surface area contributed by atoms with E-state index in [-0.39, 0.29) is 0 Å². The molecule has 1 atom stereocenters. The van der Waals surface area contributed by atoms with Gasteiger partial charge in [-0.3, -0.25) is 4.98 Å². The molecule has 0 amide bonds. The second kappa shape index (κ2) is 5.97. The first-order valence-corrected chi connectivity index (χ1v) is 6.66. The molecule has 1 unspecified atom stereocenters. The van der Waals surface area contributed by atoms with Crippen LogP contribution in [0.25, 0.3) is 0 Å². The molecule has 17 heavy (non-hydrogen) atoms. The number of pyridine rings is 1. The van der Waals surface area contributed by atoms with E-state index in [0.29, 0.717) is 6.04 Å². The fraction of sp³-hybridized carbons (Fsp3) is 0.533. The molecular weight excluding hydrogens is 208 g/mol. The lowest BCUT2D eigenvalue weighted by Crippen LogP contribution is -2.24. The van der Waals surface area contributed by atoms with E-state index in [9.17, 15) is 0 Å². The Labute approximate surface area is 104 Å². The number of nitrogens with zero attached hydrogens (tertiary/aromatic N) is 1. The van der Waals surface area contributed by atoms with Gasteiger partial charge in [0, 0.05) is 6.20 Å². The largest absolute Gasteiger partial charge is 0.306 e. The third-order valence-electron chi connectivity index (χ3n) is 3.34. The van der Waals surface area contributed by atoms with Crippen LogP contribution >= 0.6 is 0 Å². The van der Waals surface area contributed by atoms with Crippen molar-refractivity contribution in [2.75, 3.05) is 6.54 Å². The number of likely N-dealkylation sites (N-methyl/N-ethyl adjacent to an activating group) is 1. The molecule has 1 N–H and O–H groups in total. The molecule has 92 valence electrons. The van der Waals surface area contributed by atoms with Crippen molar-refractivity contribution >= 4 is 0 Å². The summed E-state index contributed by atoms with van der Waals surface area (Å²) in [6.07, 6.45) is 9.42. The first-order chi connectivity index (χ1) is 8.31. The molecule has 0 aromatic carbocycles. The van der Waals surface area contributed by atoms with Crippen LogP contribution in [0.3, 0.4) is 0 Å². The van der Waals surface area contributed by atoms with E-state index in [4.69, 9.17) is 0 Å². The maximum atomic E-state index is 4.53. The van der Waals surface area contributed by atoms with Crippen molar-refractivity contribution in [3.05, 3.63) is 41.2 Å². The van der Waals surface area contributed by atoms with Gasteiger partial charge in [0.1, 0.15) is 0 Å². The highest BCUT2D eigenvalue weighted by atomic mass is 14.9. The topological polar surface area (TPSA) is 24.9 Å². The SMILES string of the molecule is CCNC(C1=CCCCC1)c1cc(C)ccn1. The van der Waals surface area contributed by atoms with E-state index in [2.05, 4.69) is 42.4 Å². The summed E-state index contributed by atoms with van der Waals surface area (Å²) in [5.41, 5.74) is 3.98. The molecule has 1 aliphatic carbocycles. The molecule has 0 bridgehead atoms. The molecule has 0 radical (unpaired) electrons. The van der Waals surface area contributed by atoms with Crippen molar-refractivity contribution < 1.29 is 0 Å². The van der Waals surface area contributed by atoms with Gasteiger partial charge in [-0.1, -0.05) is 18.6 Å². The van der Waals surface area contributed by atoms with Gasteiger partial charge in [0.15, 0.2) is 0 Å². The minimum atomic E-state index is 0.320. The van der Waals surface area contributed by atoms with Crippen LogP contribution in [-0.2, 0) is 0 Å². The third-order valence-corrected chi connectivity index (χ3v) is 3.34. The number of aromatic nitrogens is 1. The predicted octanol–water partition coefficient (Wildman–Crippen LogP) is 3.54. The molecule has 0 saturated carbocycles. The highest BCUT2D eigenvalue weighted by Crippen LogP contribution is 2.29. The monoisotopic (exact) mass is 230 g/mol. The standard InChI is InChI=1S/C15H22N2/c1-3-16-15(13-7-5-4-6-8-13)14-11-12(2)9-10-17-14/h7,9-11,15-16H,3-6,8H2,1-2H3. The molecular formula is C15H22N2. The van der Waals surface area contributed by atoms with Crippen molar-refractivity contribution in [2.24, 2.45) is 0 Å². The van der Waals surface area contributed by atoms with Gasteiger partial charge < -0.3 is 5.32 Å². The van der Waals surface area contributed by atoms with E-state index in [1.54, 1.807) is 0 Å². The lowest BCUT2D eigenvalue weighted by atomic mass is 9.91. The number of nitrogens with one attached hydrogen (secondary N) is 1. The molecule has 2 heteroatoms. The van der Waals surface area contributed by atoms with Crippen LogP contribution in [0.4, 0.5) is 0 Å². The van der Waals surface area contributed by atoms with Crippen molar-refractivity contribution in [2.45, 2.75) is 45.6 Å². The van der Waals surface area contributed by atoms with Crippen molar-refractivity contribution in [1.29, 1.82) is 0 Å². The number of aryl methyl sites for hydroxylation is 1. The molecule has 0 saturated heterocycles. The maximum absolute atomic E-state index is 4.53. The Kier molecular flexibility index (Phi) is 4.32. The number of rotatable bonds is 4. The van der Waals surface area contributed by atoms with Gasteiger partial charge in [0.2, 0.25) is 0 Å². The number of allylic oxidation sites excluding steroid dienone is 1. The minimum absolute atomic E-state index is 0.320. The zero-order valence-corrected chi connectivity index (χ0v) is 10.9. The van der Waals surface area contributed by atoms with Crippen LogP contribution in [0.1, 0.15) is 49.9 Å². The zero-order valence-electron chi connectivity index (χ0n) is 10.9. The fourth-order valence-corrected chi connectivity index (χ4v) is 2.47. The van der Waals surface area contributed by atoms with Crippen molar-refractivity contribution in [3.8, 4) is 0 Å². The normalized spacial score (nSPS) is 17.6. The van der Waals surface area contributed by atoms with Crippen LogP contribution < -0.4 is 5.32 Å². The summed E-state index contributed by atoms with van der Waals surface area (Å²) in [6.45, 7) is 5.27. The lowest BCUT2D eigenvalue weighted by molar-refractivity contribution is 0.553. The Bertz CT molecular complexity index is 396. The van der Waals surface area contributed by atoms with Crippen LogP contribution in [-0.4, -0.2) is 11.5 Å². The average molecular weight is 230 g/mol. The Balaban J connectivity index is 2.24. The number of hydrogen-bond acceptors (Lipinski definition) is 2. The highest BCUT2D eigenvalue weighted by molar-refractivity contribution is 5.26. The van der Waals surface area contributed by atoms with Gasteiger partial charge in [-0.25, -0.2) is 0 Å². The van der Waals surface area contributed by atoms with Crippen molar-refractivity contribution in [3.63, 3.8) is 0 Å². The second-order valence-electron chi connectivity index (χ2n) is 4.77. The lowest BCUT2D eigenvalue weighted by Gasteiger charge is -2.23. The van der Waals surface area contributed by atoms with Gasteiger partial charge in [-0.2, -0.15) is 0 Å². The first-order valence-electron chi connectivity index (χ1n) is 6.66. The zero-order chi connectivity index (χ0) is 12.1. The smallest absolute Gasteiger partial charge is 0.0710 e. The molecule has 2 nitrogen and oxygen atoms in total. The van der Waals surface area contributed by atoms with Gasteiger partial charge in [-0.15, -0.1) is 0 Å². The summed E-state index contributed by atoms with van der Waals surface area (Å²) < 4.78 is 0. The van der Waals surface area contributed by atoms with Crippen LogP contribution in [0.5, 0.6) is 0 Å². The Morgan fingerprint density at radius 1 is 1.41 bits per heavy atom. The van der Waals surface area contributed by atoms with E-state index in [0.717, 1.165) is 6.54 Å². The Morgan fingerprint density at radius 2 is 2.29 bits per heavy atom. The molecule has 0 spiro atoms. The van der Waals surface area contributed by atoms with Crippen molar-refractivity contribution in [1.82, 2.24) is 10.3 Å². The first kappa shape index (κ1) is 12.3. The molecule has 1 aromatic heterocycles. The summed E-state index contributed by atoms with van der Waals surface area (Å²) in [6, 6.07) is 4.57. The van der Waals surface area contributed by atoms with Gasteiger partial charge in [0.05, 0.1) is 11.7 Å². The molecule has 0 fully saturated rings. The molecule has 1 aromatic rings. The van der Waals surface area contributed by atoms with E-state index < -0.39 is 0 Å². The van der Waals surface area contributed by atoms with E-state index in [1.807, 2.05) is 6.20 Å². The van der Waals surface area contributed by atoms with Gasteiger partial charge in [0.25, 0.3) is 0 Å². The van der Waals surface area contributed by atoms with Crippen LogP contribution in [0, 0.1) is 6.92 Å². The maximum Gasteiger partial charge on any atom is 0.0710 e. The number of hydrogen-bond donors (Lipinski definition) is 1. The Hall–Kier alpha value is -1.15. The summed E-state index contributed by atoms with van der Waals surface area (Å²) in [7, 11) is 0. The summed E-state index contributed by atoms with van der Waals surface area (Å²) in [5.74, 6) is 0. The highest BCUT2D eigenvalue weighted by Gasteiger charge is 2.18. The summed E-state index contributed by atoms with van der Waals surface area (Å²) in [5, 5.41) is 3.57. The predicted molar refractivity (Wildman–Crippen MR) is 71.9 cm³/mol. The van der Waals surface area contributed by atoms with E-state index in [1.165, 1.54) is 42.5 Å². The summed E-state index contributed by atoms with van der Waals surface area (Å²) in [4.78, 5) is 4.53. The fourth-order valence-electron chi connectivity index (χ4n) is 2.47. The summed E-state index contributed by atoms with van der Waals surface area (Å²) >= 11 is 0. The van der Waals surface area contributed by atoms with Gasteiger partial charge in [-0.05, 0) is 56.8 Å². The molecule has 1 aliphatic rings. The quantitative estimate of drug-likeness (QED) is 0.800. The average Bonchev–Trinajstić information content (AvgIpc) is 2.37. The van der Waals surface area contributed by atoms with Crippen LogP contribution in [0.15, 0.2) is 30.0 Å². The van der Waals surface area contributed by atoms with Crippen LogP contribution in [0.2, 0.25) is 0 Å². The Morgan fingerprint density at radius 3 is 2.94 bits per heavy atom. The molecule has 1 heterocycles. The molecule has 0 aliphatic heterocycles.